The predicted molar refractivity (Wildman–Crippen MR) is 93.8 cm³/mol. The van der Waals surface area contributed by atoms with Gasteiger partial charge in [0.1, 0.15) is 17.4 Å². The van der Waals surface area contributed by atoms with Crippen LogP contribution >= 0.6 is 0 Å². The van der Waals surface area contributed by atoms with Gasteiger partial charge in [0.15, 0.2) is 0 Å². The van der Waals surface area contributed by atoms with E-state index in [1.54, 1.807) is 0 Å². The Hall–Kier alpha value is -3.32. The molecule has 0 amide bonds. The van der Waals surface area contributed by atoms with E-state index in [2.05, 4.69) is 4.98 Å². The second-order valence-corrected chi connectivity index (χ2v) is 5.21. The number of hydrogen-bond donors (Lipinski definition) is 1. The second-order valence-electron chi connectivity index (χ2n) is 5.21. The molecule has 0 radical (unpaired) electrons. The molecule has 3 rings (SSSR count). The van der Waals surface area contributed by atoms with Crippen molar-refractivity contribution in [1.29, 1.82) is 5.26 Å². The van der Waals surface area contributed by atoms with Gasteiger partial charge in [0.05, 0.1) is 6.61 Å². The molecule has 1 N–H and O–H groups in total. The highest BCUT2D eigenvalue weighted by Crippen LogP contribution is 2.33. The van der Waals surface area contributed by atoms with Crippen molar-refractivity contribution in [3.05, 3.63) is 76.6 Å². The summed E-state index contributed by atoms with van der Waals surface area (Å²) in [5.41, 5.74) is 2.54. The summed E-state index contributed by atoms with van der Waals surface area (Å²) in [6, 6.07) is 20.8. The van der Waals surface area contributed by atoms with Crippen LogP contribution in [0.25, 0.3) is 22.4 Å². The van der Waals surface area contributed by atoms with Crippen LogP contribution < -0.4 is 10.3 Å². The number of hydrogen-bond acceptors (Lipinski definition) is 3. The molecule has 0 aliphatic heterocycles. The molecule has 0 atom stereocenters. The van der Waals surface area contributed by atoms with Crippen molar-refractivity contribution in [2.24, 2.45) is 0 Å². The first-order valence-corrected chi connectivity index (χ1v) is 7.69. The standard InChI is InChI=1S/C20H16N2O2/c1-2-24-19-11-7-6-10-15(19)16-12-18(14-8-4-3-5-9-14)22-20(23)17(16)13-21/h3-12H,2H2,1H3,(H,22,23). The van der Waals surface area contributed by atoms with Crippen molar-refractivity contribution in [2.45, 2.75) is 6.92 Å². The number of pyridine rings is 1. The van der Waals surface area contributed by atoms with Gasteiger partial charge in [0.2, 0.25) is 0 Å². The van der Waals surface area contributed by atoms with Gasteiger partial charge in [-0.15, -0.1) is 0 Å². The number of rotatable bonds is 4. The average Bonchev–Trinajstić information content (AvgIpc) is 2.62. The summed E-state index contributed by atoms with van der Waals surface area (Å²) in [6.45, 7) is 2.41. The molecule has 0 fully saturated rings. The number of ether oxygens (including phenoxy) is 1. The van der Waals surface area contributed by atoms with Gasteiger partial charge < -0.3 is 9.72 Å². The molecule has 1 heterocycles. The van der Waals surface area contributed by atoms with E-state index in [0.717, 1.165) is 11.1 Å². The van der Waals surface area contributed by atoms with Gasteiger partial charge >= 0.3 is 0 Å². The first-order chi connectivity index (χ1) is 11.7. The Kier molecular flexibility index (Phi) is 4.44. The van der Waals surface area contributed by atoms with E-state index in [4.69, 9.17) is 4.74 Å². The second kappa shape index (κ2) is 6.84. The van der Waals surface area contributed by atoms with Gasteiger partial charge in [-0.2, -0.15) is 5.26 Å². The molecular formula is C20H16N2O2. The fourth-order valence-electron chi connectivity index (χ4n) is 2.63. The Morgan fingerprint density at radius 1 is 1.04 bits per heavy atom. The summed E-state index contributed by atoms with van der Waals surface area (Å²) in [5, 5.41) is 9.43. The third-order valence-corrected chi connectivity index (χ3v) is 3.71. The fourth-order valence-corrected chi connectivity index (χ4v) is 2.63. The Balaban J connectivity index is 2.26. The Bertz CT molecular complexity index is 953. The summed E-state index contributed by atoms with van der Waals surface area (Å²) in [5.74, 6) is 0.654. The lowest BCUT2D eigenvalue weighted by Gasteiger charge is -2.12. The number of para-hydroxylation sites is 1. The number of nitrogens with one attached hydrogen (secondary N) is 1. The van der Waals surface area contributed by atoms with Crippen LogP contribution in [0.1, 0.15) is 12.5 Å². The number of aromatic nitrogens is 1. The third kappa shape index (κ3) is 2.92. The van der Waals surface area contributed by atoms with Gasteiger partial charge in [-0.1, -0.05) is 48.5 Å². The SMILES string of the molecule is CCOc1ccccc1-c1cc(-c2ccccc2)[nH]c(=O)c1C#N. The monoisotopic (exact) mass is 316 g/mol. The zero-order valence-electron chi connectivity index (χ0n) is 13.2. The first-order valence-electron chi connectivity index (χ1n) is 7.69. The summed E-state index contributed by atoms with van der Waals surface area (Å²) >= 11 is 0. The van der Waals surface area contributed by atoms with Crippen LogP contribution in [0.5, 0.6) is 5.75 Å². The molecule has 4 nitrogen and oxygen atoms in total. The highest BCUT2D eigenvalue weighted by Gasteiger charge is 2.15. The van der Waals surface area contributed by atoms with Gasteiger partial charge in [0.25, 0.3) is 5.56 Å². The maximum atomic E-state index is 12.4. The Labute approximate surface area is 140 Å². The molecule has 0 aliphatic carbocycles. The topological polar surface area (TPSA) is 65.9 Å². The lowest BCUT2D eigenvalue weighted by atomic mass is 9.98. The van der Waals surface area contributed by atoms with Crippen LogP contribution in [-0.4, -0.2) is 11.6 Å². The van der Waals surface area contributed by atoms with Crippen LogP contribution in [0.15, 0.2) is 65.5 Å². The number of nitriles is 1. The molecule has 2 aromatic carbocycles. The van der Waals surface area contributed by atoms with Crippen LogP contribution in [0.2, 0.25) is 0 Å². The quantitative estimate of drug-likeness (QED) is 0.791. The minimum absolute atomic E-state index is 0.0850. The predicted octanol–water partition coefficient (Wildman–Crippen LogP) is 3.98. The van der Waals surface area contributed by atoms with E-state index >= 15 is 0 Å². The molecule has 118 valence electrons. The van der Waals surface area contributed by atoms with Crippen LogP contribution in [-0.2, 0) is 0 Å². The van der Waals surface area contributed by atoms with Crippen LogP contribution in [0.3, 0.4) is 0 Å². The molecule has 1 aromatic heterocycles. The van der Waals surface area contributed by atoms with E-state index < -0.39 is 5.56 Å². The van der Waals surface area contributed by atoms with Crippen molar-refractivity contribution in [2.75, 3.05) is 6.61 Å². The maximum Gasteiger partial charge on any atom is 0.266 e. The highest BCUT2D eigenvalue weighted by molar-refractivity contribution is 5.78. The van der Waals surface area contributed by atoms with Crippen molar-refractivity contribution in [1.82, 2.24) is 4.98 Å². The van der Waals surface area contributed by atoms with Crippen molar-refractivity contribution in [3.63, 3.8) is 0 Å². The van der Waals surface area contributed by atoms with Crippen molar-refractivity contribution >= 4 is 0 Å². The average molecular weight is 316 g/mol. The zero-order chi connectivity index (χ0) is 16.9. The zero-order valence-corrected chi connectivity index (χ0v) is 13.2. The van der Waals surface area contributed by atoms with Gasteiger partial charge in [-0.25, -0.2) is 0 Å². The molecule has 3 aromatic rings. The van der Waals surface area contributed by atoms with E-state index in [9.17, 15) is 10.1 Å². The maximum absolute atomic E-state index is 12.4. The largest absolute Gasteiger partial charge is 0.493 e. The van der Waals surface area contributed by atoms with Crippen LogP contribution in [0, 0.1) is 11.3 Å². The van der Waals surface area contributed by atoms with E-state index in [1.165, 1.54) is 0 Å². The number of benzene rings is 2. The van der Waals surface area contributed by atoms with Crippen molar-refractivity contribution < 1.29 is 4.74 Å². The van der Waals surface area contributed by atoms with Gasteiger partial charge in [0, 0.05) is 16.8 Å². The lowest BCUT2D eigenvalue weighted by Crippen LogP contribution is -2.13. The summed E-state index contributed by atoms with van der Waals surface area (Å²) in [7, 11) is 0. The Morgan fingerprint density at radius 3 is 2.46 bits per heavy atom. The third-order valence-electron chi connectivity index (χ3n) is 3.71. The van der Waals surface area contributed by atoms with E-state index in [1.807, 2.05) is 73.7 Å². The Morgan fingerprint density at radius 2 is 1.75 bits per heavy atom. The van der Waals surface area contributed by atoms with Crippen molar-refractivity contribution in [3.8, 4) is 34.2 Å². The van der Waals surface area contributed by atoms with Gasteiger partial charge in [-0.05, 0) is 24.6 Å². The molecule has 0 saturated heterocycles. The minimum atomic E-state index is -0.403. The summed E-state index contributed by atoms with van der Waals surface area (Å²) in [6.07, 6.45) is 0. The van der Waals surface area contributed by atoms with E-state index in [-0.39, 0.29) is 5.56 Å². The lowest BCUT2D eigenvalue weighted by molar-refractivity contribution is 0.341. The van der Waals surface area contributed by atoms with Crippen LogP contribution in [0.4, 0.5) is 0 Å². The van der Waals surface area contributed by atoms with E-state index in [0.29, 0.717) is 23.6 Å². The number of aromatic amines is 1. The molecular weight excluding hydrogens is 300 g/mol. The first kappa shape index (κ1) is 15.6. The molecule has 4 heteroatoms. The number of nitrogens with zero attached hydrogens (tertiary/aromatic N) is 1. The highest BCUT2D eigenvalue weighted by atomic mass is 16.5. The minimum Gasteiger partial charge on any atom is -0.493 e. The summed E-state index contributed by atoms with van der Waals surface area (Å²) < 4.78 is 5.65. The molecule has 0 bridgehead atoms. The molecule has 24 heavy (non-hydrogen) atoms. The molecule has 0 spiro atoms. The fraction of sp³-hybridized carbons (Fsp3) is 0.100. The van der Waals surface area contributed by atoms with Gasteiger partial charge in [-0.3, -0.25) is 4.79 Å². The molecule has 0 unspecified atom stereocenters. The normalized spacial score (nSPS) is 10.2. The molecule has 0 saturated carbocycles. The smallest absolute Gasteiger partial charge is 0.266 e. The number of H-pyrrole nitrogens is 1. The summed E-state index contributed by atoms with van der Waals surface area (Å²) in [4.78, 5) is 15.2. The molecule has 0 aliphatic rings.